The van der Waals surface area contributed by atoms with E-state index < -0.39 is 16.4 Å². The first kappa shape index (κ1) is 21.6. The van der Waals surface area contributed by atoms with Crippen molar-refractivity contribution in [2.24, 2.45) is 5.10 Å². The van der Waals surface area contributed by atoms with Crippen LogP contribution in [0, 0.1) is 10.1 Å². The predicted molar refractivity (Wildman–Crippen MR) is 114 cm³/mol. The van der Waals surface area contributed by atoms with Gasteiger partial charge in [0.2, 0.25) is 5.16 Å². The molecule has 0 spiro atoms. The molecule has 0 unspecified atom stereocenters. The molecular formula is C19H18ClN5O4S. The van der Waals surface area contributed by atoms with Crippen LogP contribution in [0.2, 0.25) is 5.02 Å². The fourth-order valence-corrected chi connectivity index (χ4v) is 3.55. The number of phenols is 2. The van der Waals surface area contributed by atoms with Gasteiger partial charge in [-0.1, -0.05) is 42.4 Å². The van der Waals surface area contributed by atoms with Crippen LogP contribution < -0.4 is 0 Å². The Morgan fingerprint density at radius 2 is 1.97 bits per heavy atom. The van der Waals surface area contributed by atoms with E-state index in [1.165, 1.54) is 18.0 Å². The topological polar surface area (TPSA) is 127 Å². The van der Waals surface area contributed by atoms with Gasteiger partial charge in [-0.25, -0.2) is 0 Å². The first-order valence-corrected chi connectivity index (χ1v) is 10.3. The first-order valence-electron chi connectivity index (χ1n) is 8.95. The van der Waals surface area contributed by atoms with Gasteiger partial charge in [0.15, 0.2) is 11.6 Å². The SMILES string of the molecule is CCCc1nnc(SCc2ccc(Cl)cc2)n1/N=C\c1cc([N+](=O)[O-])c(O)cc1O. The summed E-state index contributed by atoms with van der Waals surface area (Å²) < 4.78 is 1.54. The molecule has 0 amide bonds. The summed E-state index contributed by atoms with van der Waals surface area (Å²) >= 11 is 7.34. The van der Waals surface area contributed by atoms with Crippen molar-refractivity contribution in [2.45, 2.75) is 30.7 Å². The highest BCUT2D eigenvalue weighted by atomic mass is 35.5. The van der Waals surface area contributed by atoms with Crippen molar-refractivity contribution < 1.29 is 15.1 Å². The maximum absolute atomic E-state index is 11.0. The van der Waals surface area contributed by atoms with Crippen molar-refractivity contribution in [3.8, 4) is 11.5 Å². The lowest BCUT2D eigenvalue weighted by Crippen LogP contribution is -2.01. The fourth-order valence-electron chi connectivity index (χ4n) is 2.56. The van der Waals surface area contributed by atoms with Gasteiger partial charge in [-0.2, -0.15) is 9.78 Å². The minimum absolute atomic E-state index is 0.0873. The maximum atomic E-state index is 11.0. The van der Waals surface area contributed by atoms with Crippen LogP contribution in [0.5, 0.6) is 11.5 Å². The Morgan fingerprint density at radius 3 is 2.63 bits per heavy atom. The number of hydrogen-bond donors (Lipinski definition) is 2. The molecule has 3 aromatic rings. The molecule has 0 saturated heterocycles. The summed E-state index contributed by atoms with van der Waals surface area (Å²) in [7, 11) is 0. The van der Waals surface area contributed by atoms with Crippen LogP contribution >= 0.6 is 23.4 Å². The third kappa shape index (κ3) is 5.08. The van der Waals surface area contributed by atoms with E-state index in [1.807, 2.05) is 31.2 Å². The van der Waals surface area contributed by atoms with Crippen molar-refractivity contribution in [3.63, 3.8) is 0 Å². The van der Waals surface area contributed by atoms with E-state index in [9.17, 15) is 20.3 Å². The van der Waals surface area contributed by atoms with Crippen LogP contribution in [0.15, 0.2) is 46.7 Å². The normalized spacial score (nSPS) is 11.3. The fraction of sp³-hybridized carbons (Fsp3) is 0.211. The van der Waals surface area contributed by atoms with Gasteiger partial charge in [0.1, 0.15) is 5.75 Å². The number of nitrogens with zero attached hydrogens (tertiary/aromatic N) is 5. The molecular weight excluding hydrogens is 430 g/mol. The molecule has 3 rings (SSSR count). The van der Waals surface area contributed by atoms with Crippen LogP contribution in [0.3, 0.4) is 0 Å². The number of benzene rings is 2. The van der Waals surface area contributed by atoms with Crippen LogP contribution in [0.1, 0.15) is 30.3 Å². The molecule has 30 heavy (non-hydrogen) atoms. The zero-order valence-electron chi connectivity index (χ0n) is 15.9. The van der Waals surface area contributed by atoms with Gasteiger partial charge in [-0.3, -0.25) is 10.1 Å². The van der Waals surface area contributed by atoms with E-state index in [1.54, 1.807) is 4.68 Å². The van der Waals surface area contributed by atoms with Crippen LogP contribution in [0.4, 0.5) is 5.69 Å². The number of aromatic hydroxyl groups is 2. The third-order valence-corrected chi connectivity index (χ3v) is 5.31. The Morgan fingerprint density at radius 1 is 1.23 bits per heavy atom. The van der Waals surface area contributed by atoms with E-state index in [0.717, 1.165) is 24.1 Å². The average molecular weight is 448 g/mol. The summed E-state index contributed by atoms with van der Waals surface area (Å²) in [5.41, 5.74) is 0.611. The average Bonchev–Trinajstić information content (AvgIpc) is 3.08. The lowest BCUT2D eigenvalue weighted by molar-refractivity contribution is -0.385. The van der Waals surface area contributed by atoms with Gasteiger partial charge in [0.05, 0.1) is 11.1 Å². The predicted octanol–water partition coefficient (Wildman–Crippen LogP) is 4.38. The van der Waals surface area contributed by atoms with Gasteiger partial charge in [-0.05, 0) is 24.1 Å². The summed E-state index contributed by atoms with van der Waals surface area (Å²) in [6, 6.07) is 9.42. The number of halogens is 1. The molecule has 0 fully saturated rings. The summed E-state index contributed by atoms with van der Waals surface area (Å²) in [6.45, 7) is 2.00. The van der Waals surface area contributed by atoms with E-state index in [2.05, 4.69) is 15.3 Å². The molecule has 0 aliphatic carbocycles. The number of nitro groups is 1. The van der Waals surface area contributed by atoms with Crippen molar-refractivity contribution >= 4 is 35.3 Å². The second kappa shape index (κ2) is 9.59. The Labute approximate surface area is 181 Å². The van der Waals surface area contributed by atoms with Crippen molar-refractivity contribution in [2.75, 3.05) is 0 Å². The number of hydrogen-bond acceptors (Lipinski definition) is 8. The maximum Gasteiger partial charge on any atom is 0.311 e. The Kier molecular flexibility index (Phi) is 6.91. The summed E-state index contributed by atoms with van der Waals surface area (Å²) in [5, 5.41) is 44.5. The van der Waals surface area contributed by atoms with Gasteiger partial charge in [0, 0.05) is 34.9 Å². The molecule has 0 radical (unpaired) electrons. The lowest BCUT2D eigenvalue weighted by atomic mass is 10.2. The van der Waals surface area contributed by atoms with Crippen LogP contribution in [0.25, 0.3) is 0 Å². The largest absolute Gasteiger partial charge is 0.507 e. The Bertz CT molecular complexity index is 1090. The molecule has 9 nitrogen and oxygen atoms in total. The van der Waals surface area contributed by atoms with Crippen molar-refractivity contribution in [1.82, 2.24) is 14.9 Å². The highest BCUT2D eigenvalue weighted by molar-refractivity contribution is 7.98. The number of thioether (sulfide) groups is 1. The monoisotopic (exact) mass is 447 g/mol. The minimum Gasteiger partial charge on any atom is -0.507 e. The first-order chi connectivity index (χ1) is 14.4. The molecule has 11 heteroatoms. The van der Waals surface area contributed by atoms with Gasteiger partial charge in [-0.15, -0.1) is 10.2 Å². The molecule has 1 heterocycles. The molecule has 1 aromatic heterocycles. The molecule has 0 saturated carbocycles. The Balaban J connectivity index is 1.89. The molecule has 156 valence electrons. The number of nitro benzene ring substituents is 1. The zero-order chi connectivity index (χ0) is 21.7. The number of rotatable bonds is 8. The Hall–Kier alpha value is -3.11. The quantitative estimate of drug-likeness (QED) is 0.227. The van der Waals surface area contributed by atoms with Crippen molar-refractivity contribution in [3.05, 3.63) is 68.5 Å². The molecule has 0 aliphatic rings. The highest BCUT2D eigenvalue weighted by Gasteiger charge is 2.17. The molecule has 2 N–H and O–H groups in total. The van der Waals surface area contributed by atoms with E-state index >= 15 is 0 Å². The van der Waals surface area contributed by atoms with Gasteiger partial charge in [0.25, 0.3) is 0 Å². The second-order valence-corrected chi connectivity index (χ2v) is 7.66. The molecule has 0 aliphatic heterocycles. The van der Waals surface area contributed by atoms with E-state index in [4.69, 9.17) is 11.6 Å². The van der Waals surface area contributed by atoms with Crippen LogP contribution in [-0.4, -0.2) is 36.2 Å². The summed E-state index contributed by atoms with van der Waals surface area (Å²) in [6.07, 6.45) is 2.73. The second-order valence-electron chi connectivity index (χ2n) is 6.28. The number of aromatic nitrogens is 3. The van der Waals surface area contributed by atoms with Crippen LogP contribution in [-0.2, 0) is 12.2 Å². The smallest absolute Gasteiger partial charge is 0.311 e. The molecule has 0 bridgehead atoms. The van der Waals surface area contributed by atoms with E-state index in [0.29, 0.717) is 28.2 Å². The summed E-state index contributed by atoms with van der Waals surface area (Å²) in [4.78, 5) is 10.3. The number of aryl methyl sites for hydroxylation is 1. The molecule has 2 aromatic carbocycles. The van der Waals surface area contributed by atoms with Gasteiger partial charge >= 0.3 is 5.69 Å². The highest BCUT2D eigenvalue weighted by Crippen LogP contribution is 2.32. The van der Waals surface area contributed by atoms with Gasteiger partial charge < -0.3 is 10.2 Å². The minimum atomic E-state index is -0.735. The van der Waals surface area contributed by atoms with E-state index in [-0.39, 0.29) is 11.3 Å². The van der Waals surface area contributed by atoms with Crippen molar-refractivity contribution in [1.29, 1.82) is 0 Å². The standard InChI is InChI=1S/C19H18ClN5O4S/c1-2-3-18-22-23-19(30-11-12-4-6-14(20)7-5-12)24(18)21-10-13-8-15(25(28)29)17(27)9-16(13)26/h4-10,26-27H,2-3,11H2,1H3/b21-10-. The third-order valence-electron chi connectivity index (χ3n) is 4.06. The molecule has 0 atom stereocenters. The zero-order valence-corrected chi connectivity index (χ0v) is 17.5. The summed E-state index contributed by atoms with van der Waals surface area (Å²) in [5.74, 6) is 0.291. The number of phenolic OH excluding ortho intramolecular Hbond substituents is 2. The lowest BCUT2D eigenvalue weighted by Gasteiger charge is -2.05.